The van der Waals surface area contributed by atoms with Gasteiger partial charge < -0.3 is 10.6 Å². The zero-order valence-electron chi connectivity index (χ0n) is 17.5. The van der Waals surface area contributed by atoms with E-state index in [1.165, 1.54) is 0 Å². The van der Waals surface area contributed by atoms with Crippen LogP contribution in [0, 0.1) is 5.92 Å². The van der Waals surface area contributed by atoms with E-state index in [0.717, 1.165) is 28.2 Å². The van der Waals surface area contributed by atoms with Gasteiger partial charge in [0, 0.05) is 34.7 Å². The molecule has 2 N–H and O–H groups in total. The first-order valence-electron chi connectivity index (χ1n) is 10.5. The maximum absolute atomic E-state index is 13.0. The highest BCUT2D eigenvalue weighted by Crippen LogP contribution is 2.36. The summed E-state index contributed by atoms with van der Waals surface area (Å²) in [7, 11) is 0. The van der Waals surface area contributed by atoms with Crippen molar-refractivity contribution in [3.63, 3.8) is 0 Å². The molecule has 1 unspecified atom stereocenters. The Morgan fingerprint density at radius 1 is 0.844 bits per heavy atom. The molecule has 32 heavy (non-hydrogen) atoms. The molecule has 0 aromatic heterocycles. The summed E-state index contributed by atoms with van der Waals surface area (Å²) in [6.07, 6.45) is 4.72. The molecule has 160 valence electrons. The van der Waals surface area contributed by atoms with Gasteiger partial charge in [0.05, 0.1) is 5.69 Å². The van der Waals surface area contributed by atoms with Gasteiger partial charge >= 0.3 is 0 Å². The zero-order chi connectivity index (χ0) is 22.2. The third kappa shape index (κ3) is 5.74. The van der Waals surface area contributed by atoms with Gasteiger partial charge in [0.25, 0.3) is 0 Å². The highest BCUT2D eigenvalue weighted by Gasteiger charge is 2.28. The van der Waals surface area contributed by atoms with Gasteiger partial charge in [-0.15, -0.1) is 0 Å². The number of rotatable bonds is 6. The number of nitrogens with zero attached hydrogens (tertiary/aromatic N) is 1. The van der Waals surface area contributed by atoms with Crippen LogP contribution in [0.5, 0.6) is 0 Å². The quantitative estimate of drug-likeness (QED) is 0.407. The molecule has 3 aromatic carbocycles. The number of carbonyl (C=O) groups excluding carboxylic acids is 1. The summed E-state index contributed by atoms with van der Waals surface area (Å²) in [5.74, 6) is -0.282. The van der Waals surface area contributed by atoms with Crippen LogP contribution in [-0.4, -0.2) is 12.1 Å². The van der Waals surface area contributed by atoms with Crippen molar-refractivity contribution in [1.82, 2.24) is 0 Å². The van der Waals surface area contributed by atoms with Crippen LogP contribution in [0.3, 0.4) is 0 Å². The third-order valence-electron chi connectivity index (χ3n) is 5.22. The molecule has 0 spiro atoms. The van der Waals surface area contributed by atoms with Gasteiger partial charge in [0.2, 0.25) is 5.91 Å². The Morgan fingerprint density at radius 3 is 2.09 bits per heavy atom. The van der Waals surface area contributed by atoms with Crippen LogP contribution in [0.4, 0.5) is 17.1 Å². The molecule has 1 atom stereocenters. The summed E-state index contributed by atoms with van der Waals surface area (Å²) in [6.45, 7) is 0. The summed E-state index contributed by atoms with van der Waals surface area (Å²) < 4.78 is 0. The Balaban J connectivity index is 1.59. The number of para-hydroxylation sites is 3. The molecule has 0 radical (unpaired) electrons. The Kier molecular flexibility index (Phi) is 7.15. The molecule has 0 saturated carbocycles. The molecule has 1 aliphatic carbocycles. The van der Waals surface area contributed by atoms with Crippen molar-refractivity contribution in [3.8, 4) is 0 Å². The minimum Gasteiger partial charge on any atom is -0.361 e. The van der Waals surface area contributed by atoms with E-state index >= 15 is 0 Å². The summed E-state index contributed by atoms with van der Waals surface area (Å²) in [5.41, 5.74) is 4.30. The second kappa shape index (κ2) is 10.6. The number of carbonyl (C=O) groups is 1. The topological polar surface area (TPSA) is 53.5 Å². The van der Waals surface area contributed by atoms with Gasteiger partial charge in [0.15, 0.2) is 0 Å². The predicted octanol–water partition coefficient (Wildman–Crippen LogP) is 6.93. The lowest BCUT2D eigenvalue weighted by atomic mass is 9.85. The van der Waals surface area contributed by atoms with Crippen molar-refractivity contribution >= 4 is 40.8 Å². The average molecular weight is 442 g/mol. The molecule has 4 nitrogen and oxygen atoms in total. The predicted molar refractivity (Wildman–Crippen MR) is 133 cm³/mol. The number of allylic oxidation sites excluding steroid dienone is 3. The fourth-order valence-corrected chi connectivity index (χ4v) is 3.80. The molecule has 0 heterocycles. The maximum atomic E-state index is 13.0. The number of hydrogen-bond donors (Lipinski definition) is 2. The van der Waals surface area contributed by atoms with Crippen molar-refractivity contribution < 1.29 is 4.79 Å². The monoisotopic (exact) mass is 441 g/mol. The molecule has 0 bridgehead atoms. The highest BCUT2D eigenvalue weighted by molar-refractivity contribution is 6.34. The van der Waals surface area contributed by atoms with Crippen molar-refractivity contribution in [2.24, 2.45) is 10.9 Å². The number of halogens is 1. The zero-order valence-corrected chi connectivity index (χ0v) is 18.3. The normalized spacial score (nSPS) is 17.5. The van der Waals surface area contributed by atoms with Gasteiger partial charge in [-0.3, -0.25) is 9.79 Å². The summed E-state index contributed by atoms with van der Waals surface area (Å²) in [4.78, 5) is 17.6. The molecular formula is C27H24ClN3O. The second-order valence-corrected chi connectivity index (χ2v) is 7.95. The van der Waals surface area contributed by atoms with Crippen molar-refractivity contribution in [2.45, 2.75) is 12.8 Å². The minimum atomic E-state index is -0.251. The number of benzene rings is 3. The standard InChI is InChI=1S/C27H24ClN3O/c28-26-21(18-29-23-10-4-1-5-11-23)16-20(27(32)31-25-14-8-3-9-15-25)17-22(26)19-30-24-12-6-2-7-13-24/h1-15,18-20,29H,16-17H2,(H,31,32)/b21-18+,30-19?. The number of amides is 1. The van der Waals surface area contributed by atoms with Crippen LogP contribution in [0.15, 0.2) is 118 Å². The van der Waals surface area contributed by atoms with Gasteiger partial charge in [-0.1, -0.05) is 66.2 Å². The molecule has 0 fully saturated rings. The molecule has 5 heteroatoms. The van der Waals surface area contributed by atoms with E-state index in [9.17, 15) is 4.79 Å². The van der Waals surface area contributed by atoms with Crippen molar-refractivity contribution in [3.05, 3.63) is 113 Å². The van der Waals surface area contributed by atoms with Gasteiger partial charge in [0.1, 0.15) is 0 Å². The van der Waals surface area contributed by atoms with Gasteiger partial charge in [-0.05, 0) is 60.4 Å². The van der Waals surface area contributed by atoms with E-state index < -0.39 is 0 Å². The highest BCUT2D eigenvalue weighted by atomic mass is 35.5. The SMILES string of the molecule is O=C(Nc1ccccc1)C1CC(C=Nc2ccccc2)=C(Cl)/C(=C/Nc2ccccc2)C1. The lowest BCUT2D eigenvalue weighted by molar-refractivity contribution is -0.119. The third-order valence-corrected chi connectivity index (χ3v) is 5.71. The number of anilines is 2. The average Bonchev–Trinajstić information content (AvgIpc) is 2.84. The largest absolute Gasteiger partial charge is 0.361 e. The van der Waals surface area contributed by atoms with E-state index in [2.05, 4.69) is 15.6 Å². The van der Waals surface area contributed by atoms with Crippen LogP contribution in [-0.2, 0) is 4.79 Å². The lowest BCUT2D eigenvalue weighted by Crippen LogP contribution is -2.27. The summed E-state index contributed by atoms with van der Waals surface area (Å²) in [5, 5.41) is 6.95. The molecule has 1 aliphatic rings. The fraction of sp³-hybridized carbons (Fsp3) is 0.111. The Morgan fingerprint density at radius 2 is 1.44 bits per heavy atom. The second-order valence-electron chi connectivity index (χ2n) is 7.57. The lowest BCUT2D eigenvalue weighted by Gasteiger charge is -2.25. The van der Waals surface area contributed by atoms with Gasteiger partial charge in [-0.2, -0.15) is 0 Å². The number of hydrogen-bond acceptors (Lipinski definition) is 3. The Bertz CT molecular complexity index is 1140. The van der Waals surface area contributed by atoms with Crippen LogP contribution < -0.4 is 10.6 Å². The molecule has 3 aromatic rings. The molecule has 0 saturated heterocycles. The van der Waals surface area contributed by atoms with Gasteiger partial charge in [-0.25, -0.2) is 0 Å². The van der Waals surface area contributed by atoms with Crippen molar-refractivity contribution in [2.75, 3.05) is 10.6 Å². The first kappa shape index (κ1) is 21.6. The van der Waals surface area contributed by atoms with E-state index in [1.54, 1.807) is 6.21 Å². The Labute approximate surface area is 193 Å². The Hall–Kier alpha value is -3.63. The molecule has 0 aliphatic heterocycles. The maximum Gasteiger partial charge on any atom is 0.228 e. The first-order valence-corrected chi connectivity index (χ1v) is 10.9. The van der Waals surface area contributed by atoms with Crippen LogP contribution in [0.25, 0.3) is 0 Å². The van der Waals surface area contributed by atoms with Crippen LogP contribution in [0.1, 0.15) is 12.8 Å². The fourth-order valence-electron chi connectivity index (χ4n) is 3.54. The number of nitrogens with one attached hydrogen (secondary N) is 2. The van der Waals surface area contributed by atoms with Crippen molar-refractivity contribution in [1.29, 1.82) is 0 Å². The molecule has 4 rings (SSSR count). The van der Waals surface area contributed by atoms with E-state index in [1.807, 2.05) is 97.2 Å². The first-order chi connectivity index (χ1) is 15.7. The summed E-state index contributed by atoms with van der Waals surface area (Å²) >= 11 is 6.76. The smallest absolute Gasteiger partial charge is 0.228 e. The molecule has 1 amide bonds. The van der Waals surface area contributed by atoms with E-state index in [-0.39, 0.29) is 11.8 Å². The minimum absolute atomic E-state index is 0.0309. The van der Waals surface area contributed by atoms with E-state index in [4.69, 9.17) is 11.6 Å². The van der Waals surface area contributed by atoms with E-state index in [0.29, 0.717) is 17.9 Å². The van der Waals surface area contributed by atoms with Crippen LogP contribution >= 0.6 is 11.6 Å². The summed E-state index contributed by atoms with van der Waals surface area (Å²) in [6, 6.07) is 29.0. The molecular weight excluding hydrogens is 418 g/mol. The van der Waals surface area contributed by atoms with Crippen LogP contribution in [0.2, 0.25) is 0 Å². The number of aliphatic imine (C=N–C) groups is 1.